The Hall–Kier alpha value is -2.94. The molecule has 0 atom stereocenters. The van der Waals surface area contributed by atoms with Crippen molar-refractivity contribution in [2.24, 2.45) is 0 Å². The van der Waals surface area contributed by atoms with Gasteiger partial charge in [-0.2, -0.15) is 5.26 Å². The highest BCUT2D eigenvalue weighted by Gasteiger charge is 2.13. The Morgan fingerprint density at radius 3 is 2.24 bits per heavy atom. The van der Waals surface area contributed by atoms with Crippen LogP contribution in [0.5, 0.6) is 17.2 Å². The Labute approximate surface area is 122 Å². The minimum Gasteiger partial charge on any atom is -0.493 e. The van der Waals surface area contributed by atoms with E-state index in [0.717, 1.165) is 0 Å². The molecule has 1 heterocycles. The highest BCUT2D eigenvalue weighted by Crippen LogP contribution is 2.40. The van der Waals surface area contributed by atoms with Gasteiger partial charge in [0.15, 0.2) is 11.5 Å². The van der Waals surface area contributed by atoms with Gasteiger partial charge in [0.1, 0.15) is 5.82 Å². The number of benzene rings is 1. The lowest BCUT2D eigenvalue weighted by molar-refractivity contribution is 0.324. The molecule has 21 heavy (non-hydrogen) atoms. The van der Waals surface area contributed by atoms with Gasteiger partial charge in [-0.15, -0.1) is 0 Å². The first-order chi connectivity index (χ1) is 10.2. The van der Waals surface area contributed by atoms with Gasteiger partial charge in [0.25, 0.3) is 0 Å². The van der Waals surface area contributed by atoms with E-state index in [9.17, 15) is 0 Å². The lowest BCUT2D eigenvalue weighted by Gasteiger charge is -2.14. The first-order valence-electron chi connectivity index (χ1n) is 6.15. The van der Waals surface area contributed by atoms with Crippen molar-refractivity contribution in [3.63, 3.8) is 0 Å². The van der Waals surface area contributed by atoms with Crippen molar-refractivity contribution >= 4 is 11.5 Å². The zero-order valence-corrected chi connectivity index (χ0v) is 12.0. The molecular weight excluding hydrogens is 270 g/mol. The fourth-order valence-electron chi connectivity index (χ4n) is 1.87. The fourth-order valence-corrected chi connectivity index (χ4v) is 1.87. The Morgan fingerprint density at radius 2 is 1.71 bits per heavy atom. The predicted molar refractivity (Wildman–Crippen MR) is 78.3 cm³/mol. The third kappa shape index (κ3) is 3.15. The highest BCUT2D eigenvalue weighted by molar-refractivity contribution is 5.67. The third-order valence-electron chi connectivity index (χ3n) is 2.83. The van der Waals surface area contributed by atoms with Crippen LogP contribution < -0.4 is 19.5 Å². The Balaban J connectivity index is 2.38. The lowest BCUT2D eigenvalue weighted by Crippen LogP contribution is -1.99. The van der Waals surface area contributed by atoms with Crippen molar-refractivity contribution in [2.45, 2.75) is 0 Å². The van der Waals surface area contributed by atoms with Crippen LogP contribution in [0.25, 0.3) is 0 Å². The molecule has 0 aliphatic rings. The minimum atomic E-state index is 0.518. The second-order valence-electron chi connectivity index (χ2n) is 4.08. The molecule has 1 N–H and O–H groups in total. The van der Waals surface area contributed by atoms with Gasteiger partial charge in [-0.1, -0.05) is 0 Å². The van der Waals surface area contributed by atoms with Gasteiger partial charge in [-0.25, -0.2) is 4.98 Å². The summed E-state index contributed by atoms with van der Waals surface area (Å²) in [5, 5.41) is 12.0. The largest absolute Gasteiger partial charge is 0.493 e. The molecule has 1 aromatic carbocycles. The van der Waals surface area contributed by atoms with Crippen molar-refractivity contribution in [3.8, 4) is 23.3 Å². The van der Waals surface area contributed by atoms with E-state index in [0.29, 0.717) is 34.3 Å². The maximum absolute atomic E-state index is 8.90. The van der Waals surface area contributed by atoms with E-state index in [1.165, 1.54) is 0 Å². The van der Waals surface area contributed by atoms with E-state index in [4.69, 9.17) is 19.5 Å². The second-order valence-corrected chi connectivity index (χ2v) is 4.08. The van der Waals surface area contributed by atoms with Crippen molar-refractivity contribution in [1.82, 2.24) is 4.98 Å². The molecule has 0 bridgehead atoms. The van der Waals surface area contributed by atoms with Crippen LogP contribution in [-0.4, -0.2) is 26.3 Å². The molecule has 6 heteroatoms. The summed E-state index contributed by atoms with van der Waals surface area (Å²) in [7, 11) is 4.65. The van der Waals surface area contributed by atoms with E-state index in [1.54, 1.807) is 51.8 Å². The first kappa shape index (κ1) is 14.5. The molecule has 0 unspecified atom stereocenters. The monoisotopic (exact) mass is 285 g/mol. The standard InChI is InChI=1S/C15H15N3O3/c1-19-12-7-11(8-13(20-2)15(12)21-3)18-14-6-10(9-16)4-5-17-14/h4-8H,1-3H3,(H,17,18). The number of nitrogens with zero attached hydrogens (tertiary/aromatic N) is 2. The van der Waals surface area contributed by atoms with Crippen molar-refractivity contribution in [1.29, 1.82) is 5.26 Å². The van der Waals surface area contributed by atoms with Crippen molar-refractivity contribution in [3.05, 3.63) is 36.0 Å². The summed E-state index contributed by atoms with van der Waals surface area (Å²) in [5.41, 5.74) is 1.24. The number of rotatable bonds is 5. The maximum Gasteiger partial charge on any atom is 0.203 e. The van der Waals surface area contributed by atoms with Gasteiger partial charge in [-0.05, 0) is 12.1 Å². The molecule has 0 aliphatic carbocycles. The topological polar surface area (TPSA) is 76.4 Å². The van der Waals surface area contributed by atoms with Crippen LogP contribution in [0.4, 0.5) is 11.5 Å². The summed E-state index contributed by atoms with van der Waals surface area (Å²) in [4.78, 5) is 4.16. The van der Waals surface area contributed by atoms with Crippen LogP contribution in [0.1, 0.15) is 5.56 Å². The summed E-state index contributed by atoms with van der Waals surface area (Å²) in [6.45, 7) is 0. The molecule has 2 aromatic rings. The zero-order valence-electron chi connectivity index (χ0n) is 12.0. The molecule has 0 fully saturated rings. The van der Waals surface area contributed by atoms with Gasteiger partial charge in [-0.3, -0.25) is 0 Å². The SMILES string of the molecule is COc1cc(Nc2cc(C#N)ccn2)cc(OC)c1OC. The number of nitriles is 1. The molecule has 0 saturated carbocycles. The van der Waals surface area contributed by atoms with Crippen LogP contribution in [-0.2, 0) is 0 Å². The molecule has 2 rings (SSSR count). The molecule has 0 radical (unpaired) electrons. The van der Waals surface area contributed by atoms with E-state index in [2.05, 4.69) is 16.4 Å². The van der Waals surface area contributed by atoms with Crippen LogP contribution in [0, 0.1) is 11.3 Å². The smallest absolute Gasteiger partial charge is 0.203 e. The molecule has 108 valence electrons. The quantitative estimate of drug-likeness (QED) is 0.910. The highest BCUT2D eigenvalue weighted by atomic mass is 16.5. The third-order valence-corrected chi connectivity index (χ3v) is 2.83. The van der Waals surface area contributed by atoms with Crippen molar-refractivity contribution < 1.29 is 14.2 Å². The Bertz CT molecular complexity index is 655. The number of anilines is 2. The summed E-state index contributed by atoms with van der Waals surface area (Å²) in [6, 6.07) is 8.89. The van der Waals surface area contributed by atoms with Gasteiger partial charge in [0, 0.05) is 24.0 Å². The molecule has 0 spiro atoms. The maximum atomic E-state index is 8.90. The zero-order chi connectivity index (χ0) is 15.2. The minimum absolute atomic E-state index is 0.518. The van der Waals surface area contributed by atoms with E-state index in [1.807, 2.05) is 0 Å². The lowest BCUT2D eigenvalue weighted by atomic mass is 10.2. The summed E-state index contributed by atoms with van der Waals surface area (Å²) >= 11 is 0. The van der Waals surface area contributed by atoms with E-state index >= 15 is 0 Å². The molecule has 0 saturated heterocycles. The predicted octanol–water partition coefficient (Wildman–Crippen LogP) is 2.72. The summed E-state index contributed by atoms with van der Waals surface area (Å²) in [6.07, 6.45) is 1.57. The van der Waals surface area contributed by atoms with Gasteiger partial charge in [0.05, 0.1) is 33.0 Å². The number of aromatic nitrogens is 1. The number of ether oxygens (including phenoxy) is 3. The molecule has 0 aliphatic heterocycles. The summed E-state index contributed by atoms with van der Waals surface area (Å²) in [5.74, 6) is 2.15. The number of pyridine rings is 1. The molecule has 6 nitrogen and oxygen atoms in total. The van der Waals surface area contributed by atoms with Crippen LogP contribution in [0.3, 0.4) is 0 Å². The Kier molecular flexibility index (Phi) is 4.46. The van der Waals surface area contributed by atoms with Gasteiger partial charge < -0.3 is 19.5 Å². The van der Waals surface area contributed by atoms with Crippen LogP contribution in [0.15, 0.2) is 30.5 Å². The number of methoxy groups -OCH3 is 3. The molecular formula is C15H15N3O3. The van der Waals surface area contributed by atoms with Gasteiger partial charge in [0.2, 0.25) is 5.75 Å². The number of hydrogen-bond acceptors (Lipinski definition) is 6. The normalized spacial score (nSPS) is 9.62. The molecule has 1 aromatic heterocycles. The van der Waals surface area contributed by atoms with E-state index < -0.39 is 0 Å². The second kappa shape index (κ2) is 6.48. The van der Waals surface area contributed by atoms with Crippen molar-refractivity contribution in [2.75, 3.05) is 26.6 Å². The Morgan fingerprint density at radius 1 is 1.05 bits per heavy atom. The van der Waals surface area contributed by atoms with Crippen LogP contribution in [0.2, 0.25) is 0 Å². The average Bonchev–Trinajstić information content (AvgIpc) is 2.53. The summed E-state index contributed by atoms with van der Waals surface area (Å²) < 4.78 is 15.8. The number of nitrogens with one attached hydrogen (secondary N) is 1. The fraction of sp³-hybridized carbons (Fsp3) is 0.200. The van der Waals surface area contributed by atoms with Crippen LogP contribution >= 0.6 is 0 Å². The average molecular weight is 285 g/mol. The number of hydrogen-bond donors (Lipinski definition) is 1. The molecule has 0 amide bonds. The van der Waals surface area contributed by atoms with E-state index in [-0.39, 0.29) is 0 Å². The van der Waals surface area contributed by atoms with Gasteiger partial charge >= 0.3 is 0 Å². The first-order valence-corrected chi connectivity index (χ1v) is 6.15.